The van der Waals surface area contributed by atoms with Crippen LogP contribution in [-0.4, -0.2) is 36.9 Å². The fourth-order valence-corrected chi connectivity index (χ4v) is 3.22. The highest BCUT2D eigenvalue weighted by molar-refractivity contribution is 9.10. The lowest BCUT2D eigenvalue weighted by molar-refractivity contribution is -0.117. The molecule has 0 spiro atoms. The SMILES string of the molecule is O=C(CSc1ccc(Br)cc1)NC(=O)NCC1COc2ccccc2O1. The first kappa shape index (κ1) is 18.6. The Bertz CT molecular complexity index is 785. The van der Waals surface area contributed by atoms with Gasteiger partial charge < -0.3 is 14.8 Å². The van der Waals surface area contributed by atoms with Crippen LogP contribution in [0, 0.1) is 0 Å². The van der Waals surface area contributed by atoms with Crippen LogP contribution in [0.3, 0.4) is 0 Å². The van der Waals surface area contributed by atoms with Crippen LogP contribution in [0.1, 0.15) is 0 Å². The van der Waals surface area contributed by atoms with E-state index in [9.17, 15) is 9.59 Å². The second-order valence-corrected chi connectivity index (χ2v) is 7.46. The van der Waals surface area contributed by atoms with Crippen LogP contribution in [0.4, 0.5) is 4.79 Å². The van der Waals surface area contributed by atoms with Gasteiger partial charge in [-0.2, -0.15) is 0 Å². The summed E-state index contributed by atoms with van der Waals surface area (Å²) in [6.45, 7) is 0.581. The zero-order valence-electron chi connectivity index (χ0n) is 13.7. The predicted molar refractivity (Wildman–Crippen MR) is 103 cm³/mol. The number of ether oxygens (including phenoxy) is 2. The molecule has 0 saturated heterocycles. The quantitative estimate of drug-likeness (QED) is 0.703. The number of halogens is 1. The number of benzene rings is 2. The molecule has 3 rings (SSSR count). The maximum absolute atomic E-state index is 11.9. The van der Waals surface area contributed by atoms with Gasteiger partial charge in [-0.1, -0.05) is 28.1 Å². The Balaban J connectivity index is 1.37. The van der Waals surface area contributed by atoms with E-state index < -0.39 is 6.03 Å². The molecule has 6 nitrogen and oxygen atoms in total. The van der Waals surface area contributed by atoms with Crippen molar-refractivity contribution in [1.82, 2.24) is 10.6 Å². The normalized spacial score (nSPS) is 15.2. The molecular formula is C18H17BrN2O4S. The van der Waals surface area contributed by atoms with Gasteiger partial charge in [-0.25, -0.2) is 4.79 Å². The van der Waals surface area contributed by atoms with E-state index >= 15 is 0 Å². The topological polar surface area (TPSA) is 76.7 Å². The van der Waals surface area contributed by atoms with Crippen LogP contribution >= 0.6 is 27.7 Å². The van der Waals surface area contributed by atoms with Crippen LogP contribution < -0.4 is 20.1 Å². The fourth-order valence-electron chi connectivity index (χ4n) is 2.26. The van der Waals surface area contributed by atoms with E-state index in [1.807, 2.05) is 48.5 Å². The molecule has 0 aliphatic carbocycles. The monoisotopic (exact) mass is 436 g/mol. The highest BCUT2D eigenvalue weighted by Crippen LogP contribution is 2.30. The maximum atomic E-state index is 11.9. The number of carbonyl (C=O) groups is 2. The Labute approximate surface area is 163 Å². The third-order valence-corrected chi connectivity index (χ3v) is 5.04. The lowest BCUT2D eigenvalue weighted by Gasteiger charge is -2.26. The summed E-state index contributed by atoms with van der Waals surface area (Å²) in [6, 6.07) is 14.4. The van der Waals surface area contributed by atoms with Crippen molar-refractivity contribution in [3.63, 3.8) is 0 Å². The Morgan fingerprint density at radius 1 is 1.12 bits per heavy atom. The van der Waals surface area contributed by atoms with Crippen molar-refractivity contribution in [1.29, 1.82) is 0 Å². The van der Waals surface area contributed by atoms with E-state index in [0.29, 0.717) is 18.1 Å². The molecule has 2 N–H and O–H groups in total. The van der Waals surface area contributed by atoms with Crippen molar-refractivity contribution in [2.75, 3.05) is 18.9 Å². The number of hydrogen-bond donors (Lipinski definition) is 2. The van der Waals surface area contributed by atoms with Gasteiger partial charge in [0.15, 0.2) is 17.6 Å². The van der Waals surface area contributed by atoms with Gasteiger partial charge >= 0.3 is 6.03 Å². The highest BCUT2D eigenvalue weighted by Gasteiger charge is 2.21. The molecular weight excluding hydrogens is 420 g/mol. The summed E-state index contributed by atoms with van der Waals surface area (Å²) >= 11 is 4.72. The van der Waals surface area contributed by atoms with Crippen molar-refractivity contribution >= 4 is 39.6 Å². The Morgan fingerprint density at radius 3 is 2.62 bits per heavy atom. The lowest BCUT2D eigenvalue weighted by Crippen LogP contribution is -2.46. The molecule has 2 aromatic rings. The summed E-state index contributed by atoms with van der Waals surface area (Å²) in [7, 11) is 0. The van der Waals surface area contributed by atoms with Gasteiger partial charge in [0.25, 0.3) is 0 Å². The smallest absolute Gasteiger partial charge is 0.321 e. The number of imide groups is 1. The minimum Gasteiger partial charge on any atom is -0.486 e. The van der Waals surface area contributed by atoms with E-state index in [2.05, 4.69) is 26.6 Å². The number of amides is 3. The van der Waals surface area contributed by atoms with Gasteiger partial charge in [0, 0.05) is 9.37 Å². The molecule has 1 unspecified atom stereocenters. The van der Waals surface area contributed by atoms with Gasteiger partial charge in [0.1, 0.15) is 6.61 Å². The Kier molecular flexibility index (Phi) is 6.40. The molecule has 8 heteroatoms. The molecule has 0 fully saturated rings. The average Bonchev–Trinajstić information content (AvgIpc) is 2.66. The predicted octanol–water partition coefficient (Wildman–Crippen LogP) is 3.21. The Hall–Kier alpha value is -2.19. The maximum Gasteiger partial charge on any atom is 0.321 e. The van der Waals surface area contributed by atoms with Crippen LogP contribution in [0.25, 0.3) is 0 Å². The lowest BCUT2D eigenvalue weighted by atomic mass is 10.2. The Morgan fingerprint density at radius 2 is 1.85 bits per heavy atom. The van der Waals surface area contributed by atoms with Gasteiger partial charge in [-0.05, 0) is 36.4 Å². The molecule has 1 aliphatic rings. The molecule has 3 amide bonds. The molecule has 0 aromatic heterocycles. The zero-order chi connectivity index (χ0) is 18.4. The van der Waals surface area contributed by atoms with E-state index in [-0.39, 0.29) is 24.3 Å². The average molecular weight is 437 g/mol. The van der Waals surface area contributed by atoms with Gasteiger partial charge in [0.05, 0.1) is 12.3 Å². The minimum absolute atomic E-state index is 0.158. The molecule has 1 heterocycles. The zero-order valence-corrected chi connectivity index (χ0v) is 16.1. The third-order valence-electron chi connectivity index (χ3n) is 3.49. The molecule has 1 aliphatic heterocycles. The van der Waals surface area contributed by atoms with Crippen molar-refractivity contribution in [2.45, 2.75) is 11.0 Å². The summed E-state index contributed by atoms with van der Waals surface area (Å²) in [5.74, 6) is 1.13. The van der Waals surface area contributed by atoms with Crippen LogP contribution in [0.15, 0.2) is 57.9 Å². The van der Waals surface area contributed by atoms with Crippen LogP contribution in [-0.2, 0) is 4.79 Å². The molecule has 1 atom stereocenters. The summed E-state index contributed by atoms with van der Waals surface area (Å²) in [5.41, 5.74) is 0. The standard InChI is InChI=1S/C18H17BrN2O4S/c19-12-5-7-14(8-6-12)26-11-17(22)21-18(23)20-9-13-10-24-15-3-1-2-4-16(15)25-13/h1-8,13H,9-11H2,(H2,20,21,22,23). The van der Waals surface area contributed by atoms with Crippen LogP contribution in [0.2, 0.25) is 0 Å². The second-order valence-electron chi connectivity index (χ2n) is 5.50. The number of nitrogens with one attached hydrogen (secondary N) is 2. The summed E-state index contributed by atoms with van der Waals surface area (Å²) < 4.78 is 12.3. The minimum atomic E-state index is -0.547. The van der Waals surface area contributed by atoms with Gasteiger partial charge in [-0.15, -0.1) is 11.8 Å². The summed E-state index contributed by atoms with van der Waals surface area (Å²) in [4.78, 5) is 24.6. The van der Waals surface area contributed by atoms with Crippen molar-refractivity contribution in [2.24, 2.45) is 0 Å². The van der Waals surface area contributed by atoms with Crippen molar-refractivity contribution in [3.8, 4) is 11.5 Å². The molecule has 0 bridgehead atoms. The largest absolute Gasteiger partial charge is 0.486 e. The summed E-state index contributed by atoms with van der Waals surface area (Å²) in [5, 5.41) is 4.93. The molecule has 136 valence electrons. The van der Waals surface area contributed by atoms with E-state index in [4.69, 9.17) is 9.47 Å². The van der Waals surface area contributed by atoms with Gasteiger partial charge in [0.2, 0.25) is 5.91 Å². The first-order valence-corrected chi connectivity index (χ1v) is 9.72. The third kappa shape index (κ3) is 5.40. The van der Waals surface area contributed by atoms with E-state index in [0.717, 1.165) is 9.37 Å². The first-order chi connectivity index (χ1) is 12.6. The van der Waals surface area contributed by atoms with Crippen molar-refractivity contribution in [3.05, 3.63) is 53.0 Å². The highest BCUT2D eigenvalue weighted by atomic mass is 79.9. The van der Waals surface area contributed by atoms with Crippen molar-refractivity contribution < 1.29 is 19.1 Å². The number of hydrogen-bond acceptors (Lipinski definition) is 5. The second kappa shape index (κ2) is 8.95. The number of fused-ring (bicyclic) bond motifs is 1. The molecule has 26 heavy (non-hydrogen) atoms. The number of rotatable bonds is 5. The number of para-hydroxylation sites is 2. The molecule has 0 saturated carbocycles. The molecule has 2 aromatic carbocycles. The number of thioether (sulfide) groups is 1. The van der Waals surface area contributed by atoms with E-state index in [1.54, 1.807) is 0 Å². The summed E-state index contributed by atoms with van der Waals surface area (Å²) in [6.07, 6.45) is -0.303. The van der Waals surface area contributed by atoms with E-state index in [1.165, 1.54) is 11.8 Å². The number of carbonyl (C=O) groups excluding carboxylic acids is 2. The van der Waals surface area contributed by atoms with Gasteiger partial charge in [-0.3, -0.25) is 10.1 Å². The fraction of sp³-hybridized carbons (Fsp3) is 0.222. The number of urea groups is 1. The first-order valence-electron chi connectivity index (χ1n) is 7.94. The molecule has 0 radical (unpaired) electrons. The van der Waals surface area contributed by atoms with Crippen LogP contribution in [0.5, 0.6) is 11.5 Å².